The number of benzene rings is 1. The second-order valence-corrected chi connectivity index (χ2v) is 6.69. The topological polar surface area (TPSA) is 100 Å². The van der Waals surface area contributed by atoms with E-state index in [4.69, 9.17) is 9.15 Å². The van der Waals surface area contributed by atoms with Crippen molar-refractivity contribution in [1.82, 2.24) is 9.80 Å². The van der Waals surface area contributed by atoms with Crippen molar-refractivity contribution in [2.45, 2.75) is 19.8 Å². The van der Waals surface area contributed by atoms with Crippen molar-refractivity contribution < 1.29 is 28.6 Å². The molecule has 1 aliphatic heterocycles. The summed E-state index contributed by atoms with van der Waals surface area (Å²) in [6.45, 7) is 3.86. The average molecular weight is 400 g/mol. The highest BCUT2D eigenvalue weighted by molar-refractivity contribution is 5.98. The van der Waals surface area contributed by atoms with Gasteiger partial charge in [-0.1, -0.05) is 0 Å². The van der Waals surface area contributed by atoms with Gasteiger partial charge in [-0.15, -0.1) is 0 Å². The van der Waals surface area contributed by atoms with Gasteiger partial charge in [0.25, 0.3) is 5.91 Å². The second kappa shape index (κ2) is 9.27. The summed E-state index contributed by atoms with van der Waals surface area (Å²) in [5, 5.41) is 9.73. The SMILES string of the molecule is CCOc1cc(C(=O)CCC(=O)N2CCN(C(=O)c3ccco3)CC2)ccc1O. The van der Waals surface area contributed by atoms with Crippen molar-refractivity contribution in [1.29, 1.82) is 0 Å². The first-order valence-corrected chi connectivity index (χ1v) is 9.59. The van der Waals surface area contributed by atoms with Crippen LogP contribution in [-0.4, -0.2) is 65.3 Å². The smallest absolute Gasteiger partial charge is 0.289 e. The van der Waals surface area contributed by atoms with Gasteiger partial charge in [0.05, 0.1) is 12.9 Å². The average Bonchev–Trinajstić information content (AvgIpc) is 3.28. The van der Waals surface area contributed by atoms with Gasteiger partial charge in [0, 0.05) is 44.6 Å². The van der Waals surface area contributed by atoms with E-state index in [0.717, 1.165) is 0 Å². The van der Waals surface area contributed by atoms with Crippen molar-refractivity contribution in [2.24, 2.45) is 0 Å². The Kier molecular flexibility index (Phi) is 6.54. The van der Waals surface area contributed by atoms with E-state index >= 15 is 0 Å². The van der Waals surface area contributed by atoms with Crippen LogP contribution in [0.4, 0.5) is 0 Å². The number of aromatic hydroxyl groups is 1. The van der Waals surface area contributed by atoms with Crippen LogP contribution in [0, 0.1) is 0 Å². The van der Waals surface area contributed by atoms with Gasteiger partial charge in [0.15, 0.2) is 23.0 Å². The molecule has 0 bridgehead atoms. The minimum atomic E-state index is -0.189. The number of ether oxygens (including phenoxy) is 1. The molecular formula is C21H24N2O6. The fraction of sp³-hybridized carbons (Fsp3) is 0.381. The van der Waals surface area contributed by atoms with Crippen LogP contribution in [0.1, 0.15) is 40.7 Å². The van der Waals surface area contributed by atoms with Crippen LogP contribution in [0.3, 0.4) is 0 Å². The molecule has 2 heterocycles. The molecule has 29 heavy (non-hydrogen) atoms. The van der Waals surface area contributed by atoms with E-state index in [1.807, 2.05) is 0 Å². The number of amides is 2. The number of piperazine rings is 1. The summed E-state index contributed by atoms with van der Waals surface area (Å²) >= 11 is 0. The Labute approximate surface area is 168 Å². The standard InChI is InChI=1S/C21H24N2O6/c1-2-28-19-14-15(5-6-17(19)25)16(24)7-8-20(26)22-9-11-23(12-10-22)21(27)18-4-3-13-29-18/h3-6,13-14,25H,2,7-12H2,1H3. The number of rotatable bonds is 7. The van der Waals surface area contributed by atoms with Gasteiger partial charge in [0.1, 0.15) is 0 Å². The van der Waals surface area contributed by atoms with Crippen LogP contribution in [0.15, 0.2) is 41.0 Å². The Morgan fingerprint density at radius 3 is 2.45 bits per heavy atom. The van der Waals surface area contributed by atoms with Crippen LogP contribution in [-0.2, 0) is 4.79 Å². The number of carbonyl (C=O) groups excluding carboxylic acids is 3. The molecule has 0 spiro atoms. The van der Waals surface area contributed by atoms with E-state index in [0.29, 0.717) is 38.3 Å². The number of hydrogen-bond donors (Lipinski definition) is 1. The van der Waals surface area contributed by atoms with Crippen LogP contribution in [0.5, 0.6) is 11.5 Å². The minimum absolute atomic E-state index is 0.0264. The molecule has 8 heteroatoms. The lowest BCUT2D eigenvalue weighted by Gasteiger charge is -2.34. The lowest BCUT2D eigenvalue weighted by molar-refractivity contribution is -0.132. The van der Waals surface area contributed by atoms with E-state index in [1.54, 1.807) is 28.9 Å². The fourth-order valence-electron chi connectivity index (χ4n) is 3.20. The number of nitrogens with zero attached hydrogens (tertiary/aromatic N) is 2. The zero-order valence-corrected chi connectivity index (χ0v) is 16.3. The molecular weight excluding hydrogens is 376 g/mol. The molecule has 3 rings (SSSR count). The Bertz CT molecular complexity index is 869. The van der Waals surface area contributed by atoms with E-state index in [9.17, 15) is 19.5 Å². The summed E-state index contributed by atoms with van der Waals surface area (Å²) in [4.78, 5) is 40.4. The van der Waals surface area contributed by atoms with Crippen molar-refractivity contribution >= 4 is 17.6 Å². The van der Waals surface area contributed by atoms with Crippen LogP contribution >= 0.6 is 0 Å². The Balaban J connectivity index is 1.48. The number of furan rings is 1. The van der Waals surface area contributed by atoms with Gasteiger partial charge in [-0.05, 0) is 37.3 Å². The first-order valence-electron chi connectivity index (χ1n) is 9.59. The van der Waals surface area contributed by atoms with E-state index in [1.165, 1.54) is 24.5 Å². The van der Waals surface area contributed by atoms with E-state index in [-0.39, 0.29) is 47.7 Å². The summed E-state index contributed by atoms with van der Waals surface area (Å²) in [5.41, 5.74) is 0.396. The van der Waals surface area contributed by atoms with Gasteiger partial charge in [0.2, 0.25) is 5.91 Å². The largest absolute Gasteiger partial charge is 0.504 e. The van der Waals surface area contributed by atoms with Gasteiger partial charge < -0.3 is 24.1 Å². The normalized spacial score (nSPS) is 14.0. The molecule has 1 aromatic carbocycles. The molecule has 1 saturated heterocycles. The van der Waals surface area contributed by atoms with Gasteiger partial charge >= 0.3 is 0 Å². The maximum atomic E-state index is 12.4. The Morgan fingerprint density at radius 2 is 1.79 bits per heavy atom. The number of carbonyl (C=O) groups is 3. The minimum Gasteiger partial charge on any atom is -0.504 e. The molecule has 154 valence electrons. The number of ketones is 1. The van der Waals surface area contributed by atoms with Crippen LogP contribution in [0.25, 0.3) is 0 Å². The summed E-state index contributed by atoms with van der Waals surface area (Å²) < 4.78 is 10.4. The Morgan fingerprint density at radius 1 is 1.07 bits per heavy atom. The summed E-state index contributed by atoms with van der Waals surface area (Å²) in [7, 11) is 0. The third kappa shape index (κ3) is 4.96. The molecule has 2 amide bonds. The van der Waals surface area contributed by atoms with Crippen molar-refractivity contribution in [3.8, 4) is 11.5 Å². The van der Waals surface area contributed by atoms with Crippen molar-refractivity contribution in [2.75, 3.05) is 32.8 Å². The highest BCUT2D eigenvalue weighted by atomic mass is 16.5. The molecule has 0 radical (unpaired) electrons. The lowest BCUT2D eigenvalue weighted by atomic mass is 10.1. The number of phenols is 1. The van der Waals surface area contributed by atoms with Crippen LogP contribution in [0.2, 0.25) is 0 Å². The van der Waals surface area contributed by atoms with Crippen LogP contribution < -0.4 is 4.74 Å². The molecule has 1 fully saturated rings. The third-order valence-electron chi connectivity index (χ3n) is 4.80. The molecule has 1 N–H and O–H groups in total. The van der Waals surface area contributed by atoms with E-state index < -0.39 is 0 Å². The molecule has 1 aliphatic rings. The fourth-order valence-corrected chi connectivity index (χ4v) is 3.20. The quantitative estimate of drug-likeness (QED) is 0.716. The molecule has 8 nitrogen and oxygen atoms in total. The summed E-state index contributed by atoms with van der Waals surface area (Å²) in [5.74, 6) is 0.0204. The molecule has 0 aliphatic carbocycles. The molecule has 2 aromatic rings. The third-order valence-corrected chi connectivity index (χ3v) is 4.80. The number of Topliss-reactive ketones (excluding diaryl/α,β-unsaturated/α-hetero) is 1. The molecule has 0 unspecified atom stereocenters. The zero-order valence-electron chi connectivity index (χ0n) is 16.3. The van der Waals surface area contributed by atoms with Crippen molar-refractivity contribution in [3.05, 3.63) is 47.9 Å². The zero-order chi connectivity index (χ0) is 20.8. The Hall–Kier alpha value is -3.29. The number of hydrogen-bond acceptors (Lipinski definition) is 6. The second-order valence-electron chi connectivity index (χ2n) is 6.69. The van der Waals surface area contributed by atoms with E-state index in [2.05, 4.69) is 0 Å². The van der Waals surface area contributed by atoms with Gasteiger partial charge in [-0.3, -0.25) is 14.4 Å². The predicted molar refractivity (Wildman–Crippen MR) is 104 cm³/mol. The molecule has 0 saturated carbocycles. The lowest BCUT2D eigenvalue weighted by Crippen LogP contribution is -2.50. The van der Waals surface area contributed by atoms with Gasteiger partial charge in [-0.25, -0.2) is 0 Å². The molecule has 1 aromatic heterocycles. The maximum absolute atomic E-state index is 12.4. The predicted octanol–water partition coefficient (Wildman–Crippen LogP) is 2.33. The molecule has 0 atom stereocenters. The monoisotopic (exact) mass is 400 g/mol. The highest BCUT2D eigenvalue weighted by Gasteiger charge is 2.26. The summed E-state index contributed by atoms with van der Waals surface area (Å²) in [6, 6.07) is 7.70. The first-order chi connectivity index (χ1) is 14.0. The highest BCUT2D eigenvalue weighted by Crippen LogP contribution is 2.27. The van der Waals surface area contributed by atoms with Crippen molar-refractivity contribution in [3.63, 3.8) is 0 Å². The number of phenolic OH excluding ortho intramolecular Hbond substituents is 1. The van der Waals surface area contributed by atoms with Gasteiger partial charge in [-0.2, -0.15) is 0 Å². The maximum Gasteiger partial charge on any atom is 0.289 e. The summed E-state index contributed by atoms with van der Waals surface area (Å²) in [6.07, 6.45) is 1.62. The first kappa shape index (κ1) is 20.4.